The lowest BCUT2D eigenvalue weighted by Crippen LogP contribution is -2.21. The molecule has 0 bridgehead atoms. The first kappa shape index (κ1) is 23.6. The van der Waals surface area contributed by atoms with Crippen LogP contribution >= 0.6 is 35.2 Å². The molecule has 2 heterocycles. The molecule has 168 valence electrons. The van der Waals surface area contributed by atoms with Crippen LogP contribution in [-0.2, 0) is 11.3 Å². The van der Waals surface area contributed by atoms with Gasteiger partial charge in [0.25, 0.3) is 5.91 Å². The van der Waals surface area contributed by atoms with E-state index in [-0.39, 0.29) is 22.5 Å². The largest absolute Gasteiger partial charge is 0.465 e. The van der Waals surface area contributed by atoms with Crippen LogP contribution < -0.4 is 10.6 Å². The van der Waals surface area contributed by atoms with Crippen LogP contribution in [0.2, 0.25) is 5.02 Å². The van der Waals surface area contributed by atoms with Crippen molar-refractivity contribution in [3.63, 3.8) is 0 Å². The topological polar surface area (TPSA) is 101 Å². The van der Waals surface area contributed by atoms with E-state index in [9.17, 15) is 9.59 Å². The van der Waals surface area contributed by atoms with E-state index in [1.165, 1.54) is 12.0 Å². The van der Waals surface area contributed by atoms with Gasteiger partial charge in [-0.05, 0) is 42.4 Å². The Morgan fingerprint density at radius 1 is 1.31 bits per heavy atom. The Morgan fingerprint density at radius 3 is 2.72 bits per heavy atom. The first-order valence-corrected chi connectivity index (χ1v) is 10.9. The van der Waals surface area contributed by atoms with Gasteiger partial charge in [0.05, 0.1) is 24.1 Å². The summed E-state index contributed by atoms with van der Waals surface area (Å²) in [7, 11) is 4.57. The molecule has 0 aliphatic carbocycles. The molecule has 1 aromatic carbocycles. The maximum atomic E-state index is 12.5. The number of esters is 1. The average Bonchev–Trinajstić information content (AvgIpc) is 3.30. The third kappa shape index (κ3) is 5.42. The van der Waals surface area contributed by atoms with Gasteiger partial charge in [-0.25, -0.2) is 14.5 Å². The minimum absolute atomic E-state index is 0.167. The number of anilines is 2. The third-order valence-corrected chi connectivity index (χ3v) is 5.99. The van der Waals surface area contributed by atoms with Crippen molar-refractivity contribution in [3.8, 4) is 0 Å². The smallest absolute Gasteiger partial charge is 0.341 e. The highest BCUT2D eigenvalue weighted by atomic mass is 35.5. The molecular weight excluding hydrogens is 472 g/mol. The van der Waals surface area contributed by atoms with E-state index < -0.39 is 5.97 Å². The lowest BCUT2D eigenvalue weighted by atomic mass is 10.1. The number of methoxy groups -OCH3 is 1. The summed E-state index contributed by atoms with van der Waals surface area (Å²) in [5, 5.41) is 11.4. The molecule has 1 amide bonds. The van der Waals surface area contributed by atoms with E-state index in [1.807, 2.05) is 18.2 Å². The van der Waals surface area contributed by atoms with Gasteiger partial charge in [-0.3, -0.25) is 10.1 Å². The molecule has 0 radical (unpaired) electrons. The van der Waals surface area contributed by atoms with Gasteiger partial charge < -0.3 is 15.0 Å². The molecule has 2 aromatic heterocycles. The SMILES string of the molecule is COC(=O)c1c(NC(=S)Nc2ncn(Cc3cccc(Cl)c3)n2)sc(C(=O)N(C)C)c1C. The fraction of sp³-hybridized carbons (Fsp3) is 0.250. The zero-order chi connectivity index (χ0) is 23.4. The van der Waals surface area contributed by atoms with E-state index >= 15 is 0 Å². The Morgan fingerprint density at radius 2 is 2.06 bits per heavy atom. The number of hydrogen-bond acceptors (Lipinski definition) is 7. The lowest BCUT2D eigenvalue weighted by molar-refractivity contribution is 0.0601. The Kier molecular flexibility index (Phi) is 7.44. The van der Waals surface area contributed by atoms with E-state index in [2.05, 4.69) is 20.7 Å². The number of ether oxygens (including phenoxy) is 1. The Labute approximate surface area is 199 Å². The van der Waals surface area contributed by atoms with Gasteiger partial charge in [0.1, 0.15) is 11.3 Å². The number of nitrogens with one attached hydrogen (secondary N) is 2. The maximum absolute atomic E-state index is 12.5. The molecule has 0 fully saturated rings. The summed E-state index contributed by atoms with van der Waals surface area (Å²) >= 11 is 12.5. The highest BCUT2D eigenvalue weighted by molar-refractivity contribution is 7.80. The fourth-order valence-corrected chi connectivity index (χ4v) is 4.53. The first-order chi connectivity index (χ1) is 15.2. The molecule has 0 atom stereocenters. The molecule has 0 aliphatic rings. The Bertz CT molecular complexity index is 1170. The number of benzene rings is 1. The van der Waals surface area contributed by atoms with Crippen LogP contribution in [0.15, 0.2) is 30.6 Å². The monoisotopic (exact) mass is 492 g/mol. The number of thiophene rings is 1. The Hall–Kier alpha value is -3.02. The molecule has 3 rings (SSSR count). The minimum atomic E-state index is -0.564. The van der Waals surface area contributed by atoms with Crippen molar-refractivity contribution in [1.82, 2.24) is 19.7 Å². The van der Waals surface area contributed by atoms with Gasteiger partial charge in [-0.1, -0.05) is 23.7 Å². The number of halogens is 1. The summed E-state index contributed by atoms with van der Waals surface area (Å²) in [5.74, 6) is -0.501. The summed E-state index contributed by atoms with van der Waals surface area (Å²) < 4.78 is 6.52. The Balaban J connectivity index is 1.75. The van der Waals surface area contributed by atoms with Crippen molar-refractivity contribution in [1.29, 1.82) is 0 Å². The number of carbonyl (C=O) groups is 2. The minimum Gasteiger partial charge on any atom is -0.465 e. The number of nitrogens with zero attached hydrogens (tertiary/aromatic N) is 4. The average molecular weight is 493 g/mol. The van der Waals surface area contributed by atoms with Crippen LogP contribution in [0, 0.1) is 6.92 Å². The zero-order valence-electron chi connectivity index (χ0n) is 17.8. The number of aromatic nitrogens is 3. The van der Waals surface area contributed by atoms with Crippen molar-refractivity contribution >= 4 is 63.1 Å². The molecule has 9 nitrogen and oxygen atoms in total. The predicted octanol–water partition coefficient (Wildman–Crippen LogP) is 3.65. The number of amides is 1. The standard InChI is InChI=1S/C20H21ClN6O3S2/c1-11-14(18(29)30-4)16(32-15(11)17(28)26(2)3)23-20(31)24-19-22-10-27(25-19)9-12-6-5-7-13(21)8-12/h5-8,10H,9H2,1-4H3,(H2,23,24,25,31). The maximum Gasteiger partial charge on any atom is 0.341 e. The van der Waals surface area contributed by atoms with Crippen LogP contribution in [0.4, 0.5) is 10.9 Å². The van der Waals surface area contributed by atoms with Crippen LogP contribution in [0.3, 0.4) is 0 Å². The number of thiocarbonyl (C=S) groups is 1. The molecular formula is C20H21ClN6O3S2. The summed E-state index contributed by atoms with van der Waals surface area (Å²) in [6.45, 7) is 2.18. The second kappa shape index (κ2) is 10.1. The molecule has 32 heavy (non-hydrogen) atoms. The highest BCUT2D eigenvalue weighted by Gasteiger charge is 2.26. The van der Waals surface area contributed by atoms with E-state index in [0.29, 0.717) is 27.0 Å². The van der Waals surface area contributed by atoms with Gasteiger partial charge in [-0.2, -0.15) is 0 Å². The number of rotatable bonds is 6. The lowest BCUT2D eigenvalue weighted by Gasteiger charge is -2.08. The third-order valence-electron chi connectivity index (χ3n) is 4.36. The number of carbonyl (C=O) groups excluding carboxylic acids is 2. The van der Waals surface area contributed by atoms with Gasteiger partial charge in [0, 0.05) is 19.1 Å². The fourth-order valence-electron chi connectivity index (χ4n) is 2.84. The van der Waals surface area contributed by atoms with Crippen LogP contribution in [0.25, 0.3) is 0 Å². The molecule has 0 saturated heterocycles. The van der Waals surface area contributed by atoms with Crippen LogP contribution in [-0.4, -0.2) is 57.9 Å². The molecule has 2 N–H and O–H groups in total. The van der Waals surface area contributed by atoms with Gasteiger partial charge >= 0.3 is 5.97 Å². The van der Waals surface area contributed by atoms with Crippen molar-refractivity contribution in [2.24, 2.45) is 0 Å². The molecule has 0 aliphatic heterocycles. The van der Waals surface area contributed by atoms with E-state index in [4.69, 9.17) is 28.6 Å². The van der Waals surface area contributed by atoms with Crippen LogP contribution in [0.1, 0.15) is 31.2 Å². The molecule has 12 heteroatoms. The number of hydrogen-bond donors (Lipinski definition) is 2. The zero-order valence-corrected chi connectivity index (χ0v) is 20.2. The molecule has 0 saturated carbocycles. The van der Waals surface area contributed by atoms with Crippen molar-refractivity contribution < 1.29 is 14.3 Å². The predicted molar refractivity (Wildman–Crippen MR) is 129 cm³/mol. The van der Waals surface area contributed by atoms with Crippen molar-refractivity contribution in [2.75, 3.05) is 31.8 Å². The summed E-state index contributed by atoms with van der Waals surface area (Å²) in [6.07, 6.45) is 1.56. The molecule has 0 unspecified atom stereocenters. The van der Waals surface area contributed by atoms with Crippen LogP contribution in [0.5, 0.6) is 0 Å². The van der Waals surface area contributed by atoms with Crippen molar-refractivity contribution in [3.05, 3.63) is 57.2 Å². The normalized spacial score (nSPS) is 10.5. The summed E-state index contributed by atoms with van der Waals surface area (Å²) in [4.78, 5) is 30.8. The molecule has 3 aromatic rings. The quantitative estimate of drug-likeness (QED) is 0.397. The summed E-state index contributed by atoms with van der Waals surface area (Å²) in [5.41, 5.74) is 1.76. The summed E-state index contributed by atoms with van der Waals surface area (Å²) in [6, 6.07) is 7.45. The van der Waals surface area contributed by atoms with E-state index in [0.717, 1.165) is 16.9 Å². The van der Waals surface area contributed by atoms with Gasteiger partial charge in [-0.15, -0.1) is 16.4 Å². The van der Waals surface area contributed by atoms with E-state index in [1.54, 1.807) is 38.1 Å². The second-order valence-electron chi connectivity index (χ2n) is 6.93. The first-order valence-electron chi connectivity index (χ1n) is 9.34. The molecule has 0 spiro atoms. The second-order valence-corrected chi connectivity index (χ2v) is 8.79. The van der Waals surface area contributed by atoms with Gasteiger partial charge in [0.2, 0.25) is 5.95 Å². The van der Waals surface area contributed by atoms with Gasteiger partial charge in [0.15, 0.2) is 5.11 Å². The van der Waals surface area contributed by atoms with Crippen molar-refractivity contribution in [2.45, 2.75) is 13.5 Å². The highest BCUT2D eigenvalue weighted by Crippen LogP contribution is 2.34.